The lowest BCUT2D eigenvalue weighted by molar-refractivity contribution is -0.126. The molecule has 1 N–H and O–H groups in total. The molecule has 30 heavy (non-hydrogen) atoms. The van der Waals surface area contributed by atoms with Gasteiger partial charge in [-0.05, 0) is 44.7 Å². The number of fused-ring (bicyclic) bond motifs is 1. The predicted octanol–water partition coefficient (Wildman–Crippen LogP) is 2.04. The second kappa shape index (κ2) is 9.30. The number of ether oxygens (including phenoxy) is 1. The molecule has 1 aliphatic heterocycles. The van der Waals surface area contributed by atoms with Crippen molar-refractivity contribution >= 4 is 30.2 Å². The molecule has 0 fully saturated rings. The Labute approximate surface area is 175 Å². The molecule has 3 atom stereocenters. The Balaban J connectivity index is 1.74. The summed E-state index contributed by atoms with van der Waals surface area (Å²) in [5.41, 5.74) is 1.10. The van der Waals surface area contributed by atoms with Gasteiger partial charge in [-0.2, -0.15) is 0 Å². The SMILES string of the molecule is C=NC(=NC(C)Cc1ccccc1)C(=O)N[C@@H]1C(=O)N(C)c2ncccc2O[C@@H]1C. The average Bonchev–Trinajstić information content (AvgIpc) is 2.83. The van der Waals surface area contributed by atoms with Crippen molar-refractivity contribution in [3.05, 3.63) is 54.2 Å². The minimum atomic E-state index is -0.923. The smallest absolute Gasteiger partial charge is 0.289 e. The fraction of sp³-hybridized carbons (Fsp3) is 0.318. The molecule has 2 amide bonds. The molecule has 1 aromatic heterocycles. The van der Waals surface area contributed by atoms with Gasteiger partial charge in [-0.15, -0.1) is 0 Å². The molecule has 156 valence electrons. The molecule has 8 nitrogen and oxygen atoms in total. The van der Waals surface area contributed by atoms with Crippen molar-refractivity contribution in [3.8, 4) is 5.75 Å². The standard InChI is InChI=1S/C22H25N5O3/c1-14(13-16-9-6-5-7-10-16)25-19(23-3)21(28)26-18-15(2)30-17-11-8-12-24-20(17)27(4)22(18)29/h5-12,14-15,18H,3,13H2,1-2,4H3,(H,26,28)/t14?,15-,18+/m1/s1. The molecule has 1 aromatic carbocycles. The van der Waals surface area contributed by atoms with Gasteiger partial charge in [-0.1, -0.05) is 30.3 Å². The van der Waals surface area contributed by atoms with Crippen LogP contribution in [0.4, 0.5) is 5.82 Å². The normalized spacial score (nSPS) is 19.9. The van der Waals surface area contributed by atoms with E-state index in [0.29, 0.717) is 18.0 Å². The lowest BCUT2D eigenvalue weighted by Gasteiger charge is -2.23. The van der Waals surface area contributed by atoms with E-state index in [4.69, 9.17) is 4.74 Å². The molecule has 0 spiro atoms. The summed E-state index contributed by atoms with van der Waals surface area (Å²) < 4.78 is 5.86. The second-order valence-corrected chi connectivity index (χ2v) is 7.15. The highest BCUT2D eigenvalue weighted by Crippen LogP contribution is 2.29. The fourth-order valence-corrected chi connectivity index (χ4v) is 3.27. The van der Waals surface area contributed by atoms with Crippen LogP contribution in [0, 0.1) is 0 Å². The van der Waals surface area contributed by atoms with E-state index in [2.05, 4.69) is 27.0 Å². The number of aromatic nitrogens is 1. The molecular formula is C22H25N5O3. The number of amidine groups is 1. The average molecular weight is 407 g/mol. The van der Waals surface area contributed by atoms with Gasteiger partial charge in [0.05, 0.1) is 6.04 Å². The van der Waals surface area contributed by atoms with Crippen LogP contribution in [0.2, 0.25) is 0 Å². The van der Waals surface area contributed by atoms with Crippen molar-refractivity contribution in [2.45, 2.75) is 38.5 Å². The van der Waals surface area contributed by atoms with Crippen molar-refractivity contribution in [2.75, 3.05) is 11.9 Å². The first kappa shape index (κ1) is 21.2. The van der Waals surface area contributed by atoms with E-state index in [9.17, 15) is 9.59 Å². The van der Waals surface area contributed by atoms with Gasteiger partial charge >= 0.3 is 0 Å². The van der Waals surface area contributed by atoms with Crippen LogP contribution >= 0.6 is 0 Å². The van der Waals surface area contributed by atoms with Crippen LogP contribution in [0.3, 0.4) is 0 Å². The molecule has 2 aromatic rings. The predicted molar refractivity (Wildman–Crippen MR) is 116 cm³/mol. The summed E-state index contributed by atoms with van der Waals surface area (Å²) >= 11 is 0. The topological polar surface area (TPSA) is 96.2 Å². The first-order valence-corrected chi connectivity index (χ1v) is 9.69. The zero-order valence-corrected chi connectivity index (χ0v) is 17.3. The molecule has 0 aliphatic carbocycles. The van der Waals surface area contributed by atoms with Crippen molar-refractivity contribution < 1.29 is 14.3 Å². The van der Waals surface area contributed by atoms with Gasteiger partial charge in [0.1, 0.15) is 12.1 Å². The number of hydrogen-bond donors (Lipinski definition) is 1. The van der Waals surface area contributed by atoms with Gasteiger partial charge in [-0.3, -0.25) is 19.5 Å². The number of nitrogens with zero attached hydrogens (tertiary/aromatic N) is 4. The number of pyridine rings is 1. The van der Waals surface area contributed by atoms with Crippen molar-refractivity contribution in [3.63, 3.8) is 0 Å². The second-order valence-electron chi connectivity index (χ2n) is 7.15. The van der Waals surface area contributed by atoms with E-state index in [1.54, 1.807) is 32.3 Å². The number of carbonyl (C=O) groups excluding carboxylic acids is 2. The van der Waals surface area contributed by atoms with Crippen LogP contribution < -0.4 is 15.0 Å². The molecular weight excluding hydrogens is 382 g/mol. The van der Waals surface area contributed by atoms with E-state index in [1.165, 1.54) is 4.90 Å². The Morgan fingerprint density at radius 2 is 2.03 bits per heavy atom. The maximum absolute atomic E-state index is 12.9. The molecule has 3 rings (SSSR count). The third-order valence-electron chi connectivity index (χ3n) is 4.80. The van der Waals surface area contributed by atoms with E-state index in [0.717, 1.165) is 5.56 Å². The van der Waals surface area contributed by atoms with Crippen LogP contribution in [-0.2, 0) is 16.0 Å². The van der Waals surface area contributed by atoms with Gasteiger partial charge in [0, 0.05) is 13.2 Å². The van der Waals surface area contributed by atoms with E-state index >= 15 is 0 Å². The number of rotatable bonds is 4. The number of carbonyl (C=O) groups is 2. The van der Waals surface area contributed by atoms with Gasteiger partial charge in [-0.25, -0.2) is 9.98 Å². The summed E-state index contributed by atoms with van der Waals surface area (Å²) in [6, 6.07) is 12.2. The van der Waals surface area contributed by atoms with Gasteiger partial charge in [0.2, 0.25) is 5.84 Å². The highest BCUT2D eigenvalue weighted by Gasteiger charge is 2.37. The lowest BCUT2D eigenvalue weighted by Crippen LogP contribution is -2.54. The number of amides is 2. The highest BCUT2D eigenvalue weighted by molar-refractivity contribution is 6.39. The summed E-state index contributed by atoms with van der Waals surface area (Å²) in [4.78, 5) is 39.5. The summed E-state index contributed by atoms with van der Waals surface area (Å²) in [6.07, 6.45) is 1.62. The van der Waals surface area contributed by atoms with Crippen LogP contribution in [0.1, 0.15) is 19.4 Å². The van der Waals surface area contributed by atoms with Crippen LogP contribution in [-0.4, -0.2) is 54.6 Å². The molecule has 2 heterocycles. The zero-order chi connectivity index (χ0) is 21.7. The number of benzene rings is 1. The minimum absolute atomic E-state index is 0.0685. The monoisotopic (exact) mass is 407 g/mol. The number of hydrogen-bond acceptors (Lipinski definition) is 5. The maximum atomic E-state index is 12.9. The van der Waals surface area contributed by atoms with Gasteiger partial charge < -0.3 is 10.1 Å². The number of aliphatic imine (C=N–C) groups is 2. The highest BCUT2D eigenvalue weighted by atomic mass is 16.5. The Morgan fingerprint density at radius 1 is 1.30 bits per heavy atom. The zero-order valence-electron chi connectivity index (χ0n) is 17.3. The molecule has 0 radical (unpaired) electrons. The van der Waals surface area contributed by atoms with E-state index < -0.39 is 18.1 Å². The summed E-state index contributed by atoms with van der Waals surface area (Å²) in [6.45, 7) is 7.07. The molecule has 1 aliphatic rings. The third kappa shape index (κ3) is 4.71. The van der Waals surface area contributed by atoms with Gasteiger partial charge in [0.25, 0.3) is 11.8 Å². The lowest BCUT2D eigenvalue weighted by atomic mass is 10.1. The molecule has 8 heteroatoms. The minimum Gasteiger partial charge on any atom is -0.484 e. The molecule has 1 unspecified atom stereocenters. The molecule has 0 saturated carbocycles. The Hall–Kier alpha value is -3.55. The van der Waals surface area contributed by atoms with Crippen molar-refractivity contribution in [1.29, 1.82) is 0 Å². The largest absolute Gasteiger partial charge is 0.484 e. The van der Waals surface area contributed by atoms with Gasteiger partial charge in [0.15, 0.2) is 11.6 Å². The number of likely N-dealkylation sites (N-methyl/N-ethyl adjacent to an activating group) is 1. The first-order valence-electron chi connectivity index (χ1n) is 9.69. The first-order chi connectivity index (χ1) is 14.4. The summed E-state index contributed by atoms with van der Waals surface area (Å²) in [7, 11) is 1.59. The molecule has 0 bridgehead atoms. The summed E-state index contributed by atoms with van der Waals surface area (Å²) in [5.74, 6) is -0.107. The van der Waals surface area contributed by atoms with Crippen molar-refractivity contribution in [1.82, 2.24) is 10.3 Å². The summed E-state index contributed by atoms with van der Waals surface area (Å²) in [5, 5.41) is 2.70. The quantitative estimate of drug-likeness (QED) is 0.620. The van der Waals surface area contributed by atoms with Crippen LogP contribution in [0.5, 0.6) is 5.75 Å². The fourth-order valence-electron chi connectivity index (χ4n) is 3.27. The molecule has 0 saturated heterocycles. The number of anilines is 1. The number of nitrogens with one attached hydrogen (secondary N) is 1. The Morgan fingerprint density at radius 3 is 2.73 bits per heavy atom. The maximum Gasteiger partial charge on any atom is 0.289 e. The van der Waals surface area contributed by atoms with E-state index in [1.807, 2.05) is 37.3 Å². The Bertz CT molecular complexity index is 960. The van der Waals surface area contributed by atoms with E-state index in [-0.39, 0.29) is 17.8 Å². The van der Waals surface area contributed by atoms with Crippen molar-refractivity contribution in [2.24, 2.45) is 9.98 Å². The van der Waals surface area contributed by atoms with Crippen LogP contribution in [0.25, 0.3) is 0 Å². The van der Waals surface area contributed by atoms with Crippen LogP contribution in [0.15, 0.2) is 58.6 Å². The Kier molecular flexibility index (Phi) is 6.56. The third-order valence-corrected chi connectivity index (χ3v) is 4.80.